The van der Waals surface area contributed by atoms with Crippen molar-refractivity contribution in [2.24, 2.45) is 0 Å². The standard InChI is InChI=1S/C15H24N2/c1-12-6-7-14(13(2)10-12)17-9-5-8-16-15(3,4)11-17/h6-7,10,16H,5,8-9,11H2,1-4H3. The number of hydrogen-bond acceptors (Lipinski definition) is 2. The van der Waals surface area contributed by atoms with Gasteiger partial charge in [0.05, 0.1) is 0 Å². The maximum absolute atomic E-state index is 3.61. The van der Waals surface area contributed by atoms with Crippen molar-refractivity contribution in [3.8, 4) is 0 Å². The topological polar surface area (TPSA) is 15.3 Å². The van der Waals surface area contributed by atoms with Gasteiger partial charge in [-0.3, -0.25) is 0 Å². The quantitative estimate of drug-likeness (QED) is 0.801. The van der Waals surface area contributed by atoms with E-state index in [2.05, 4.69) is 56.1 Å². The van der Waals surface area contributed by atoms with Gasteiger partial charge in [0.15, 0.2) is 0 Å². The summed E-state index contributed by atoms with van der Waals surface area (Å²) in [6.07, 6.45) is 1.22. The van der Waals surface area contributed by atoms with Gasteiger partial charge in [0.1, 0.15) is 0 Å². The number of aryl methyl sites for hydroxylation is 2. The molecule has 0 unspecified atom stereocenters. The Hall–Kier alpha value is -1.02. The number of nitrogens with one attached hydrogen (secondary N) is 1. The van der Waals surface area contributed by atoms with E-state index in [-0.39, 0.29) is 5.54 Å². The van der Waals surface area contributed by atoms with Crippen molar-refractivity contribution in [1.82, 2.24) is 5.32 Å². The molecule has 0 aliphatic carbocycles. The van der Waals surface area contributed by atoms with Crippen molar-refractivity contribution in [2.75, 3.05) is 24.5 Å². The third-order valence-corrected chi connectivity index (χ3v) is 3.49. The highest BCUT2D eigenvalue weighted by Crippen LogP contribution is 2.24. The van der Waals surface area contributed by atoms with Crippen LogP contribution in [0, 0.1) is 13.8 Å². The molecule has 1 aliphatic heterocycles. The number of hydrogen-bond donors (Lipinski definition) is 1. The SMILES string of the molecule is Cc1ccc(N2CCCNC(C)(C)C2)c(C)c1. The van der Waals surface area contributed by atoms with E-state index in [9.17, 15) is 0 Å². The first kappa shape index (κ1) is 12.4. The van der Waals surface area contributed by atoms with E-state index in [1.54, 1.807) is 0 Å². The molecule has 0 saturated carbocycles. The van der Waals surface area contributed by atoms with Crippen LogP contribution in [0.1, 0.15) is 31.4 Å². The molecule has 17 heavy (non-hydrogen) atoms. The number of rotatable bonds is 1. The summed E-state index contributed by atoms with van der Waals surface area (Å²) in [5.74, 6) is 0. The Labute approximate surface area is 105 Å². The van der Waals surface area contributed by atoms with Gasteiger partial charge in [-0.05, 0) is 52.3 Å². The Bertz CT molecular complexity index is 396. The summed E-state index contributed by atoms with van der Waals surface area (Å²) >= 11 is 0. The van der Waals surface area contributed by atoms with Crippen LogP contribution in [0.3, 0.4) is 0 Å². The Morgan fingerprint density at radius 1 is 1.24 bits per heavy atom. The Kier molecular flexibility index (Phi) is 3.43. The number of benzene rings is 1. The predicted octanol–water partition coefficient (Wildman–Crippen LogP) is 2.88. The second-order valence-corrected chi connectivity index (χ2v) is 5.88. The Balaban J connectivity index is 2.25. The second kappa shape index (κ2) is 4.69. The van der Waals surface area contributed by atoms with E-state index in [1.165, 1.54) is 23.2 Å². The second-order valence-electron chi connectivity index (χ2n) is 5.88. The highest BCUT2D eigenvalue weighted by atomic mass is 15.2. The lowest BCUT2D eigenvalue weighted by molar-refractivity contribution is 0.416. The summed E-state index contributed by atoms with van der Waals surface area (Å²) in [6.45, 7) is 12.3. The predicted molar refractivity (Wildman–Crippen MR) is 74.8 cm³/mol. The average Bonchev–Trinajstić information content (AvgIpc) is 2.39. The van der Waals surface area contributed by atoms with Gasteiger partial charge in [-0.1, -0.05) is 17.7 Å². The van der Waals surface area contributed by atoms with E-state index in [4.69, 9.17) is 0 Å². The maximum atomic E-state index is 3.61. The Morgan fingerprint density at radius 2 is 2.00 bits per heavy atom. The lowest BCUT2D eigenvalue weighted by Crippen LogP contribution is -2.46. The first-order chi connectivity index (χ1) is 7.98. The monoisotopic (exact) mass is 232 g/mol. The molecular weight excluding hydrogens is 208 g/mol. The van der Waals surface area contributed by atoms with Crippen LogP contribution < -0.4 is 10.2 Å². The van der Waals surface area contributed by atoms with Crippen LogP contribution in [0.25, 0.3) is 0 Å². The van der Waals surface area contributed by atoms with Crippen LogP contribution in [-0.4, -0.2) is 25.2 Å². The molecule has 1 N–H and O–H groups in total. The fourth-order valence-corrected chi connectivity index (χ4v) is 2.67. The third kappa shape index (κ3) is 3.01. The number of anilines is 1. The van der Waals surface area contributed by atoms with E-state index in [1.807, 2.05) is 0 Å². The van der Waals surface area contributed by atoms with Crippen LogP contribution in [0.2, 0.25) is 0 Å². The fraction of sp³-hybridized carbons (Fsp3) is 0.600. The van der Waals surface area contributed by atoms with Crippen LogP contribution in [0.5, 0.6) is 0 Å². The van der Waals surface area contributed by atoms with Crippen LogP contribution in [-0.2, 0) is 0 Å². The zero-order chi connectivity index (χ0) is 12.5. The minimum absolute atomic E-state index is 0.202. The van der Waals surface area contributed by atoms with Gasteiger partial charge >= 0.3 is 0 Å². The summed E-state index contributed by atoms with van der Waals surface area (Å²) in [7, 11) is 0. The zero-order valence-electron chi connectivity index (χ0n) is 11.5. The largest absolute Gasteiger partial charge is 0.369 e. The van der Waals surface area contributed by atoms with Crippen molar-refractivity contribution in [3.05, 3.63) is 29.3 Å². The van der Waals surface area contributed by atoms with Gasteiger partial charge in [-0.2, -0.15) is 0 Å². The molecule has 1 saturated heterocycles. The summed E-state index contributed by atoms with van der Waals surface area (Å²) in [5.41, 5.74) is 4.34. The highest BCUT2D eigenvalue weighted by molar-refractivity contribution is 5.54. The van der Waals surface area contributed by atoms with Crippen molar-refractivity contribution < 1.29 is 0 Å². The van der Waals surface area contributed by atoms with Crippen LogP contribution in [0.15, 0.2) is 18.2 Å². The van der Waals surface area contributed by atoms with Gasteiger partial charge in [0, 0.05) is 24.3 Å². The molecule has 0 spiro atoms. The molecule has 1 aliphatic rings. The molecule has 1 aromatic rings. The molecule has 1 heterocycles. The van der Waals surface area contributed by atoms with E-state index in [0.717, 1.165) is 19.6 Å². The average molecular weight is 232 g/mol. The first-order valence-electron chi connectivity index (χ1n) is 6.55. The maximum Gasteiger partial charge on any atom is 0.0396 e. The molecule has 94 valence electrons. The normalized spacial score (nSPS) is 20.1. The molecule has 2 nitrogen and oxygen atoms in total. The lowest BCUT2D eigenvalue weighted by Gasteiger charge is -2.32. The third-order valence-electron chi connectivity index (χ3n) is 3.49. The molecule has 1 fully saturated rings. The molecule has 2 rings (SSSR count). The van der Waals surface area contributed by atoms with Crippen molar-refractivity contribution in [1.29, 1.82) is 0 Å². The molecule has 0 radical (unpaired) electrons. The molecule has 0 bridgehead atoms. The number of nitrogens with zero attached hydrogens (tertiary/aromatic N) is 1. The fourth-order valence-electron chi connectivity index (χ4n) is 2.67. The van der Waals surface area contributed by atoms with E-state index in [0.29, 0.717) is 0 Å². The summed E-state index contributed by atoms with van der Waals surface area (Å²) in [5, 5.41) is 3.61. The van der Waals surface area contributed by atoms with E-state index >= 15 is 0 Å². The van der Waals surface area contributed by atoms with Gasteiger partial charge < -0.3 is 10.2 Å². The van der Waals surface area contributed by atoms with Crippen molar-refractivity contribution in [2.45, 2.75) is 39.7 Å². The lowest BCUT2D eigenvalue weighted by atomic mass is 10.0. The molecule has 0 amide bonds. The minimum Gasteiger partial charge on any atom is -0.369 e. The van der Waals surface area contributed by atoms with Crippen molar-refractivity contribution >= 4 is 5.69 Å². The summed E-state index contributed by atoms with van der Waals surface area (Å²) in [6, 6.07) is 6.76. The van der Waals surface area contributed by atoms with Gasteiger partial charge in [0.25, 0.3) is 0 Å². The Morgan fingerprint density at radius 3 is 2.71 bits per heavy atom. The molecular formula is C15H24N2. The van der Waals surface area contributed by atoms with E-state index < -0.39 is 0 Å². The van der Waals surface area contributed by atoms with Crippen molar-refractivity contribution in [3.63, 3.8) is 0 Å². The zero-order valence-corrected chi connectivity index (χ0v) is 11.5. The van der Waals surface area contributed by atoms with Gasteiger partial charge in [-0.15, -0.1) is 0 Å². The molecule has 0 atom stereocenters. The molecule has 0 aromatic heterocycles. The molecule has 1 aromatic carbocycles. The minimum atomic E-state index is 0.202. The van der Waals surface area contributed by atoms with Crippen LogP contribution in [0.4, 0.5) is 5.69 Å². The summed E-state index contributed by atoms with van der Waals surface area (Å²) < 4.78 is 0. The molecule has 2 heteroatoms. The summed E-state index contributed by atoms with van der Waals surface area (Å²) in [4.78, 5) is 2.52. The van der Waals surface area contributed by atoms with Crippen LogP contribution >= 0.6 is 0 Å². The van der Waals surface area contributed by atoms with Gasteiger partial charge in [0.2, 0.25) is 0 Å². The smallest absolute Gasteiger partial charge is 0.0396 e. The van der Waals surface area contributed by atoms with Gasteiger partial charge in [-0.25, -0.2) is 0 Å². The first-order valence-corrected chi connectivity index (χ1v) is 6.55. The highest BCUT2D eigenvalue weighted by Gasteiger charge is 2.24.